The topological polar surface area (TPSA) is 70.2 Å². The molecule has 24 heavy (non-hydrogen) atoms. The Labute approximate surface area is 144 Å². The lowest BCUT2D eigenvalue weighted by atomic mass is 10.2. The Kier molecular flexibility index (Phi) is 5.76. The minimum atomic E-state index is -0.583. The Hall–Kier alpha value is -2.60. The number of amides is 2. The number of hydrogen-bond acceptors (Lipinski definition) is 3. The van der Waals surface area contributed by atoms with Crippen molar-refractivity contribution >= 4 is 40.5 Å². The van der Waals surface area contributed by atoms with Gasteiger partial charge in [-0.3, -0.25) is 9.59 Å². The van der Waals surface area contributed by atoms with Gasteiger partial charge in [0.15, 0.2) is 0 Å². The zero-order chi connectivity index (χ0) is 17.7. The third kappa shape index (κ3) is 4.96. The number of halogens is 2. The number of rotatable bonds is 5. The van der Waals surface area contributed by atoms with Gasteiger partial charge in [-0.2, -0.15) is 0 Å². The second-order valence-electron chi connectivity index (χ2n) is 5.24. The first-order chi connectivity index (χ1) is 11.3. The van der Waals surface area contributed by atoms with Crippen molar-refractivity contribution < 1.29 is 14.0 Å². The van der Waals surface area contributed by atoms with Gasteiger partial charge in [-0.25, -0.2) is 4.39 Å². The van der Waals surface area contributed by atoms with Gasteiger partial charge in [0.1, 0.15) is 11.9 Å². The van der Waals surface area contributed by atoms with E-state index in [1.54, 1.807) is 37.3 Å². The molecule has 0 aliphatic carbocycles. The van der Waals surface area contributed by atoms with Crippen molar-refractivity contribution in [3.63, 3.8) is 0 Å². The van der Waals surface area contributed by atoms with Crippen molar-refractivity contribution in [1.29, 1.82) is 0 Å². The van der Waals surface area contributed by atoms with Crippen LogP contribution in [0, 0.1) is 5.82 Å². The summed E-state index contributed by atoms with van der Waals surface area (Å²) in [6, 6.07) is 10.4. The van der Waals surface area contributed by atoms with Gasteiger partial charge in [0, 0.05) is 24.0 Å². The first-order valence-electron chi connectivity index (χ1n) is 7.25. The summed E-state index contributed by atoms with van der Waals surface area (Å²) in [6.45, 7) is 3.08. The van der Waals surface area contributed by atoms with E-state index in [1.165, 1.54) is 19.1 Å². The molecule has 2 aromatic carbocycles. The molecule has 2 rings (SSSR count). The molecule has 126 valence electrons. The van der Waals surface area contributed by atoms with E-state index < -0.39 is 11.9 Å². The average Bonchev–Trinajstić information content (AvgIpc) is 2.52. The maximum Gasteiger partial charge on any atom is 0.246 e. The quantitative estimate of drug-likeness (QED) is 0.767. The molecule has 1 atom stereocenters. The molecule has 0 fully saturated rings. The summed E-state index contributed by atoms with van der Waals surface area (Å²) in [5.41, 5.74) is 1.69. The maximum atomic E-state index is 13.4. The summed E-state index contributed by atoms with van der Waals surface area (Å²) in [5.74, 6) is -1.000. The molecule has 0 saturated carbocycles. The van der Waals surface area contributed by atoms with Crippen LogP contribution in [0.5, 0.6) is 0 Å². The Balaban J connectivity index is 1.95. The zero-order valence-corrected chi connectivity index (χ0v) is 13.9. The fraction of sp³-hybridized carbons (Fsp3) is 0.176. The van der Waals surface area contributed by atoms with Crippen molar-refractivity contribution in [2.24, 2.45) is 0 Å². The summed E-state index contributed by atoms with van der Waals surface area (Å²) < 4.78 is 13.4. The largest absolute Gasteiger partial charge is 0.374 e. The van der Waals surface area contributed by atoms with Crippen molar-refractivity contribution in [1.82, 2.24) is 0 Å². The van der Waals surface area contributed by atoms with Crippen LogP contribution in [0.2, 0.25) is 5.02 Å². The minimum Gasteiger partial charge on any atom is -0.374 e. The molecule has 0 heterocycles. The number of hydrogen-bond donors (Lipinski definition) is 3. The average molecular weight is 350 g/mol. The number of carbonyl (C=O) groups is 2. The van der Waals surface area contributed by atoms with Gasteiger partial charge in [-0.1, -0.05) is 11.6 Å². The minimum absolute atomic E-state index is 0.0249. The molecule has 0 unspecified atom stereocenters. The number of nitrogens with one attached hydrogen (secondary N) is 3. The maximum absolute atomic E-state index is 13.4. The van der Waals surface area contributed by atoms with Crippen LogP contribution in [-0.2, 0) is 9.59 Å². The number of benzene rings is 2. The molecule has 0 aromatic heterocycles. The van der Waals surface area contributed by atoms with E-state index in [1.807, 2.05) is 0 Å². The second-order valence-corrected chi connectivity index (χ2v) is 5.65. The molecule has 0 aliphatic heterocycles. The summed E-state index contributed by atoms with van der Waals surface area (Å²) >= 11 is 5.62. The molecule has 0 spiro atoms. The molecular formula is C17H17ClFN3O2. The highest BCUT2D eigenvalue weighted by Crippen LogP contribution is 2.19. The van der Waals surface area contributed by atoms with Crippen molar-refractivity contribution in [3.8, 4) is 0 Å². The lowest BCUT2D eigenvalue weighted by Crippen LogP contribution is -2.31. The normalized spacial score (nSPS) is 11.5. The van der Waals surface area contributed by atoms with Gasteiger partial charge in [-0.15, -0.1) is 0 Å². The molecule has 0 radical (unpaired) electrons. The Morgan fingerprint density at radius 2 is 1.54 bits per heavy atom. The van der Waals surface area contributed by atoms with E-state index >= 15 is 0 Å². The molecule has 5 nitrogen and oxygen atoms in total. The fourth-order valence-electron chi connectivity index (χ4n) is 1.99. The Morgan fingerprint density at radius 3 is 2.08 bits per heavy atom. The molecule has 0 aliphatic rings. The number of carbonyl (C=O) groups excluding carboxylic acids is 2. The van der Waals surface area contributed by atoms with Gasteiger partial charge in [0.25, 0.3) is 0 Å². The van der Waals surface area contributed by atoms with Crippen molar-refractivity contribution in [2.45, 2.75) is 19.9 Å². The van der Waals surface area contributed by atoms with E-state index in [0.717, 1.165) is 0 Å². The third-order valence-corrected chi connectivity index (χ3v) is 3.48. The predicted octanol–water partition coefficient (Wildman–Crippen LogP) is 3.88. The van der Waals surface area contributed by atoms with Gasteiger partial charge in [0.05, 0.1) is 5.02 Å². The van der Waals surface area contributed by atoms with E-state index in [2.05, 4.69) is 16.0 Å². The van der Waals surface area contributed by atoms with E-state index in [9.17, 15) is 14.0 Å². The van der Waals surface area contributed by atoms with Crippen molar-refractivity contribution in [2.75, 3.05) is 16.0 Å². The standard InChI is InChI=1S/C17H17ClFN3O2/c1-10(20-14-7-8-15(18)16(19)9-14)17(24)22-13-5-3-12(4-6-13)21-11(2)23/h3-10,20H,1-2H3,(H,21,23)(H,22,24)/t10-/m1/s1. The van der Waals surface area contributed by atoms with Crippen LogP contribution >= 0.6 is 11.6 Å². The van der Waals surface area contributed by atoms with E-state index in [-0.39, 0.29) is 16.8 Å². The van der Waals surface area contributed by atoms with Crippen LogP contribution in [0.25, 0.3) is 0 Å². The summed E-state index contributed by atoms with van der Waals surface area (Å²) in [6.07, 6.45) is 0. The summed E-state index contributed by atoms with van der Waals surface area (Å²) in [5, 5.41) is 8.30. The molecular weight excluding hydrogens is 333 g/mol. The fourth-order valence-corrected chi connectivity index (χ4v) is 2.11. The second kappa shape index (κ2) is 7.79. The lowest BCUT2D eigenvalue weighted by molar-refractivity contribution is -0.116. The number of anilines is 3. The first-order valence-corrected chi connectivity index (χ1v) is 7.63. The molecule has 0 bridgehead atoms. The van der Waals surface area contributed by atoms with Crippen molar-refractivity contribution in [3.05, 3.63) is 53.3 Å². The Bertz CT molecular complexity index is 750. The van der Waals surface area contributed by atoms with Gasteiger partial charge in [0.2, 0.25) is 11.8 Å². The highest BCUT2D eigenvalue weighted by atomic mass is 35.5. The van der Waals surface area contributed by atoms with Crippen LogP contribution in [0.3, 0.4) is 0 Å². The molecule has 0 saturated heterocycles. The van der Waals surface area contributed by atoms with E-state index in [4.69, 9.17) is 11.6 Å². The van der Waals surface area contributed by atoms with Gasteiger partial charge >= 0.3 is 0 Å². The molecule has 2 amide bonds. The Morgan fingerprint density at radius 1 is 1.00 bits per heavy atom. The molecule has 3 N–H and O–H groups in total. The van der Waals surface area contributed by atoms with Crippen LogP contribution < -0.4 is 16.0 Å². The summed E-state index contributed by atoms with van der Waals surface area (Å²) in [7, 11) is 0. The third-order valence-electron chi connectivity index (χ3n) is 3.17. The molecule has 2 aromatic rings. The SMILES string of the molecule is CC(=O)Nc1ccc(NC(=O)[C@@H](C)Nc2ccc(Cl)c(F)c2)cc1. The monoisotopic (exact) mass is 349 g/mol. The zero-order valence-electron chi connectivity index (χ0n) is 13.2. The van der Waals surface area contributed by atoms with E-state index in [0.29, 0.717) is 17.1 Å². The highest BCUT2D eigenvalue weighted by Gasteiger charge is 2.13. The van der Waals surface area contributed by atoms with Crippen LogP contribution in [0.1, 0.15) is 13.8 Å². The summed E-state index contributed by atoms with van der Waals surface area (Å²) in [4.78, 5) is 23.1. The molecule has 7 heteroatoms. The van der Waals surface area contributed by atoms with Gasteiger partial charge < -0.3 is 16.0 Å². The van der Waals surface area contributed by atoms with Crippen LogP contribution in [0.15, 0.2) is 42.5 Å². The van der Waals surface area contributed by atoms with Crippen LogP contribution in [-0.4, -0.2) is 17.9 Å². The predicted molar refractivity (Wildman–Crippen MR) is 93.9 cm³/mol. The lowest BCUT2D eigenvalue weighted by Gasteiger charge is -2.16. The van der Waals surface area contributed by atoms with Crippen LogP contribution in [0.4, 0.5) is 21.5 Å². The first kappa shape index (κ1) is 17.7. The highest BCUT2D eigenvalue weighted by molar-refractivity contribution is 6.30. The smallest absolute Gasteiger partial charge is 0.246 e. The van der Waals surface area contributed by atoms with Gasteiger partial charge in [-0.05, 0) is 49.4 Å².